The van der Waals surface area contributed by atoms with Crippen LogP contribution in [0.1, 0.15) is 37.1 Å². The van der Waals surface area contributed by atoms with Crippen molar-refractivity contribution in [1.82, 2.24) is 10.2 Å². The molecule has 0 amide bonds. The molecule has 2 heterocycles. The van der Waals surface area contributed by atoms with Crippen molar-refractivity contribution in [3.8, 4) is 6.07 Å². The predicted octanol–water partition coefficient (Wildman–Crippen LogP) is 1.98. The average Bonchev–Trinajstić information content (AvgIpc) is 2.88. The Labute approximate surface area is 126 Å². The van der Waals surface area contributed by atoms with Crippen molar-refractivity contribution in [3.63, 3.8) is 0 Å². The molecule has 1 aliphatic heterocycles. The second-order valence-corrected chi connectivity index (χ2v) is 5.34. The molecule has 1 aromatic rings. The number of aryl methyl sites for hydroxylation is 1. The number of halogens is 3. The van der Waals surface area contributed by atoms with Gasteiger partial charge in [-0.05, 0) is 18.4 Å². The average molecular weight is 314 g/mol. The van der Waals surface area contributed by atoms with Gasteiger partial charge in [-0.2, -0.15) is 23.5 Å². The van der Waals surface area contributed by atoms with Gasteiger partial charge in [0.2, 0.25) is 0 Å². The Balaban J connectivity index is 2.42. The molecule has 0 saturated carbocycles. The highest BCUT2D eigenvalue weighted by Crippen LogP contribution is 2.39. The van der Waals surface area contributed by atoms with Gasteiger partial charge in [-0.3, -0.25) is 0 Å². The summed E-state index contributed by atoms with van der Waals surface area (Å²) in [5, 5.41) is 27.1. The first-order valence-corrected chi connectivity index (χ1v) is 7.10. The maximum absolute atomic E-state index is 12.9. The zero-order valence-corrected chi connectivity index (χ0v) is 12.4. The summed E-state index contributed by atoms with van der Waals surface area (Å²) < 4.78 is 38.7. The number of β-amino-alcohol motifs (C(OH)–C–C–N with tert-alkyl or cyclic N) is 1. The second-order valence-electron chi connectivity index (χ2n) is 5.34. The zero-order chi connectivity index (χ0) is 16.5. The minimum absolute atomic E-state index is 0.0198. The molecular weight excluding hydrogens is 297 g/mol. The summed E-state index contributed by atoms with van der Waals surface area (Å²) in [6, 6.07) is 2.03. The molecule has 120 valence electrons. The molecule has 1 atom stereocenters. The standard InChI is InChI=1S/C14H17F3N4O/c1-3-9-10(7-18)12(20-19-11(9)4-2)21-6-5-13(22,8-21)14(15,16)17/h22H,3-6,8H2,1-2H3/t13-/m0/s1. The van der Waals surface area contributed by atoms with Crippen LogP contribution < -0.4 is 4.90 Å². The monoisotopic (exact) mass is 314 g/mol. The minimum Gasteiger partial charge on any atom is -0.379 e. The van der Waals surface area contributed by atoms with E-state index in [2.05, 4.69) is 10.2 Å². The summed E-state index contributed by atoms with van der Waals surface area (Å²) in [6.45, 7) is 3.08. The molecule has 2 rings (SSSR count). The Bertz CT molecular complexity index is 611. The van der Waals surface area contributed by atoms with E-state index >= 15 is 0 Å². The number of aliphatic hydroxyl groups is 1. The molecule has 0 radical (unpaired) electrons. The molecular formula is C14H17F3N4O. The van der Waals surface area contributed by atoms with E-state index in [1.54, 1.807) is 0 Å². The van der Waals surface area contributed by atoms with Crippen molar-refractivity contribution in [2.24, 2.45) is 0 Å². The molecule has 1 N–H and O–H groups in total. The van der Waals surface area contributed by atoms with Crippen LogP contribution in [0, 0.1) is 11.3 Å². The van der Waals surface area contributed by atoms with Crippen LogP contribution >= 0.6 is 0 Å². The van der Waals surface area contributed by atoms with Gasteiger partial charge in [0.1, 0.15) is 11.6 Å². The van der Waals surface area contributed by atoms with E-state index in [1.807, 2.05) is 19.9 Å². The molecule has 8 heteroatoms. The van der Waals surface area contributed by atoms with Crippen LogP contribution in [0.4, 0.5) is 19.0 Å². The van der Waals surface area contributed by atoms with Crippen LogP contribution in [-0.2, 0) is 12.8 Å². The number of nitrogens with zero attached hydrogens (tertiary/aromatic N) is 4. The molecule has 1 saturated heterocycles. The summed E-state index contributed by atoms with van der Waals surface area (Å²) in [5.74, 6) is 0.122. The Kier molecular flexibility index (Phi) is 4.29. The van der Waals surface area contributed by atoms with Crippen molar-refractivity contribution in [1.29, 1.82) is 5.26 Å². The van der Waals surface area contributed by atoms with Crippen LogP contribution in [-0.4, -0.2) is 40.2 Å². The van der Waals surface area contributed by atoms with Gasteiger partial charge in [0.15, 0.2) is 11.4 Å². The molecule has 1 aromatic heterocycles. The normalized spacial score (nSPS) is 22.0. The maximum Gasteiger partial charge on any atom is 0.418 e. The maximum atomic E-state index is 12.9. The van der Waals surface area contributed by atoms with Crippen LogP contribution in [0.25, 0.3) is 0 Å². The largest absolute Gasteiger partial charge is 0.418 e. The van der Waals surface area contributed by atoms with E-state index in [-0.39, 0.29) is 17.9 Å². The Morgan fingerprint density at radius 2 is 2.00 bits per heavy atom. The van der Waals surface area contributed by atoms with Gasteiger partial charge in [0, 0.05) is 13.0 Å². The predicted molar refractivity (Wildman–Crippen MR) is 73.3 cm³/mol. The molecule has 0 spiro atoms. The highest BCUT2D eigenvalue weighted by Gasteiger charge is 2.57. The van der Waals surface area contributed by atoms with Gasteiger partial charge in [-0.25, -0.2) is 0 Å². The van der Waals surface area contributed by atoms with Crippen LogP contribution in [0.15, 0.2) is 0 Å². The van der Waals surface area contributed by atoms with Crippen LogP contribution in [0.2, 0.25) is 0 Å². The van der Waals surface area contributed by atoms with Crippen LogP contribution in [0.3, 0.4) is 0 Å². The molecule has 0 bridgehead atoms. The number of nitriles is 1. The molecule has 1 aliphatic rings. The van der Waals surface area contributed by atoms with Crippen LogP contribution in [0.5, 0.6) is 0 Å². The first-order valence-electron chi connectivity index (χ1n) is 7.10. The van der Waals surface area contributed by atoms with Gasteiger partial charge >= 0.3 is 6.18 Å². The number of hydrogen-bond donors (Lipinski definition) is 1. The number of anilines is 1. The van der Waals surface area contributed by atoms with E-state index in [0.29, 0.717) is 24.1 Å². The molecule has 1 fully saturated rings. The topological polar surface area (TPSA) is 73.0 Å². The van der Waals surface area contributed by atoms with Gasteiger partial charge in [-0.15, -0.1) is 5.10 Å². The lowest BCUT2D eigenvalue weighted by Gasteiger charge is -2.26. The smallest absolute Gasteiger partial charge is 0.379 e. The van der Waals surface area contributed by atoms with Gasteiger partial charge in [-0.1, -0.05) is 13.8 Å². The summed E-state index contributed by atoms with van der Waals surface area (Å²) in [7, 11) is 0. The number of hydrogen-bond acceptors (Lipinski definition) is 5. The highest BCUT2D eigenvalue weighted by molar-refractivity contribution is 5.59. The zero-order valence-electron chi connectivity index (χ0n) is 12.4. The van der Waals surface area contributed by atoms with Crippen molar-refractivity contribution >= 4 is 5.82 Å². The molecule has 5 nitrogen and oxygen atoms in total. The first kappa shape index (κ1) is 16.5. The van der Waals surface area contributed by atoms with E-state index in [1.165, 1.54) is 4.90 Å². The fourth-order valence-electron chi connectivity index (χ4n) is 2.71. The third-order valence-electron chi connectivity index (χ3n) is 4.01. The van der Waals surface area contributed by atoms with Crippen molar-refractivity contribution in [2.45, 2.75) is 44.9 Å². The molecule has 0 aromatic carbocycles. The highest BCUT2D eigenvalue weighted by atomic mass is 19.4. The third-order valence-corrected chi connectivity index (χ3v) is 4.01. The van der Waals surface area contributed by atoms with E-state index < -0.39 is 24.7 Å². The van der Waals surface area contributed by atoms with Gasteiger partial charge < -0.3 is 10.0 Å². The summed E-state index contributed by atoms with van der Waals surface area (Å²) in [6.07, 6.45) is -4.01. The minimum atomic E-state index is -4.71. The Hall–Kier alpha value is -1.88. The Morgan fingerprint density at radius 1 is 1.32 bits per heavy atom. The quantitative estimate of drug-likeness (QED) is 0.923. The summed E-state index contributed by atoms with van der Waals surface area (Å²) in [4.78, 5) is 1.29. The van der Waals surface area contributed by atoms with Crippen molar-refractivity contribution in [2.75, 3.05) is 18.0 Å². The van der Waals surface area contributed by atoms with Crippen molar-refractivity contribution < 1.29 is 18.3 Å². The Morgan fingerprint density at radius 3 is 2.45 bits per heavy atom. The van der Waals surface area contributed by atoms with Gasteiger partial charge in [0.25, 0.3) is 0 Å². The SMILES string of the molecule is CCc1nnc(N2CC[C@@](O)(C(F)(F)F)C2)c(C#N)c1CC. The lowest BCUT2D eigenvalue weighted by atomic mass is 10.0. The summed E-state index contributed by atoms with van der Waals surface area (Å²) in [5.41, 5.74) is -1.14. The number of aromatic nitrogens is 2. The number of rotatable bonds is 3. The summed E-state index contributed by atoms with van der Waals surface area (Å²) >= 11 is 0. The molecule has 0 aliphatic carbocycles. The lowest BCUT2D eigenvalue weighted by molar-refractivity contribution is -0.250. The van der Waals surface area contributed by atoms with E-state index in [9.17, 15) is 23.5 Å². The van der Waals surface area contributed by atoms with E-state index in [4.69, 9.17) is 0 Å². The fourth-order valence-corrected chi connectivity index (χ4v) is 2.71. The third kappa shape index (κ3) is 2.61. The lowest BCUT2D eigenvalue weighted by Crippen LogP contribution is -2.47. The second kappa shape index (κ2) is 5.72. The fraction of sp³-hybridized carbons (Fsp3) is 0.643. The van der Waals surface area contributed by atoms with E-state index in [0.717, 1.165) is 0 Å². The van der Waals surface area contributed by atoms with Crippen molar-refractivity contribution in [3.05, 3.63) is 16.8 Å². The molecule has 22 heavy (non-hydrogen) atoms. The molecule has 0 unspecified atom stereocenters. The number of alkyl halides is 3. The van der Waals surface area contributed by atoms with Gasteiger partial charge in [0.05, 0.1) is 12.2 Å². The first-order chi connectivity index (χ1) is 10.3.